The number of hydrogen-bond donors (Lipinski definition) is 6. The van der Waals surface area contributed by atoms with Crippen LogP contribution in [0.15, 0.2) is 54.6 Å². The first-order valence-electron chi connectivity index (χ1n) is 17.2. The minimum Gasteiger partial charge on any atom is -0.355 e. The van der Waals surface area contributed by atoms with E-state index in [1.165, 1.54) is 25.2 Å². The highest BCUT2D eigenvalue weighted by Crippen LogP contribution is 2.39. The monoisotopic (exact) mass is 722 g/mol. The van der Waals surface area contributed by atoms with Gasteiger partial charge in [-0.25, -0.2) is 8.42 Å². The lowest BCUT2D eigenvalue weighted by molar-refractivity contribution is -0.130. The Kier molecular flexibility index (Phi) is 13.4. The number of anilines is 1. The first-order valence-corrected chi connectivity index (χ1v) is 19.1. The summed E-state index contributed by atoms with van der Waals surface area (Å²) in [4.78, 5) is 52.8. The van der Waals surface area contributed by atoms with Crippen LogP contribution in [0.1, 0.15) is 84.1 Å². The number of sulfonamides is 1. The van der Waals surface area contributed by atoms with Crippen molar-refractivity contribution in [1.29, 1.82) is 0 Å². The standard InChI is InChI=1S/C36H50N8O6S/c1-7-37-36(48)32(22(2)3)41-33(45)23(4)38-20-28(15-24-11-9-8-10-12-24)40-35(47)27-16-26(17-30(18-27)44(5)51(6,49)50)34(46)39-21-29-19-31(43-42-29)25-13-14-25/h8-12,16-19,22-23,25,28,32,38H,7,13-15,20-21H2,1-6H3,(H,37,48)(H,39,46)(H,40,47)(H,41,45)(H,42,43)/t23-,28-,32-/m0/s1. The molecule has 15 heteroatoms. The third-order valence-electron chi connectivity index (χ3n) is 8.71. The summed E-state index contributed by atoms with van der Waals surface area (Å²) >= 11 is 0. The first kappa shape index (κ1) is 39.0. The zero-order valence-corrected chi connectivity index (χ0v) is 30.9. The molecule has 0 unspecified atom stereocenters. The molecule has 0 bridgehead atoms. The van der Waals surface area contributed by atoms with Crippen LogP contribution < -0.4 is 30.9 Å². The van der Waals surface area contributed by atoms with Gasteiger partial charge in [0.1, 0.15) is 6.04 Å². The lowest BCUT2D eigenvalue weighted by atomic mass is 10.0. The molecule has 14 nitrogen and oxygen atoms in total. The average Bonchev–Trinajstić information content (AvgIpc) is 3.84. The fourth-order valence-corrected chi connectivity index (χ4v) is 5.92. The molecule has 4 amide bonds. The number of likely N-dealkylation sites (N-methyl/N-ethyl adjacent to an activating group) is 1. The molecule has 1 aliphatic rings. The summed E-state index contributed by atoms with van der Waals surface area (Å²) in [6, 6.07) is 13.8. The second-order valence-electron chi connectivity index (χ2n) is 13.4. The van der Waals surface area contributed by atoms with Crippen molar-refractivity contribution < 1.29 is 27.6 Å². The molecule has 0 radical (unpaired) electrons. The second-order valence-corrected chi connectivity index (χ2v) is 15.4. The minimum atomic E-state index is -3.72. The Hall–Kier alpha value is -4.76. The van der Waals surface area contributed by atoms with Gasteiger partial charge in [-0.1, -0.05) is 44.2 Å². The van der Waals surface area contributed by atoms with Crippen molar-refractivity contribution in [3.05, 3.63) is 82.7 Å². The van der Waals surface area contributed by atoms with E-state index >= 15 is 0 Å². The molecule has 3 atom stereocenters. The first-order chi connectivity index (χ1) is 24.2. The summed E-state index contributed by atoms with van der Waals surface area (Å²) in [5, 5.41) is 21.8. The number of rotatable bonds is 18. The highest BCUT2D eigenvalue weighted by atomic mass is 32.2. The Balaban J connectivity index is 1.52. The van der Waals surface area contributed by atoms with Crippen molar-refractivity contribution in [2.24, 2.45) is 5.92 Å². The number of hydrogen-bond acceptors (Lipinski definition) is 8. The quantitative estimate of drug-likeness (QED) is 0.115. The van der Waals surface area contributed by atoms with E-state index in [2.05, 4.69) is 36.8 Å². The lowest BCUT2D eigenvalue weighted by Gasteiger charge is -2.25. The highest BCUT2D eigenvalue weighted by Gasteiger charge is 2.28. The molecule has 1 aromatic heterocycles. The van der Waals surface area contributed by atoms with Crippen LogP contribution in [0.2, 0.25) is 0 Å². The van der Waals surface area contributed by atoms with Crippen molar-refractivity contribution in [2.45, 2.75) is 77.5 Å². The summed E-state index contributed by atoms with van der Waals surface area (Å²) in [6.07, 6.45) is 3.63. The van der Waals surface area contributed by atoms with Crippen molar-refractivity contribution in [1.82, 2.24) is 36.8 Å². The largest absolute Gasteiger partial charge is 0.355 e. The molecular formula is C36H50N8O6S. The molecule has 3 aromatic rings. The molecule has 1 aliphatic carbocycles. The molecule has 6 N–H and O–H groups in total. The van der Waals surface area contributed by atoms with Gasteiger partial charge in [0.2, 0.25) is 21.8 Å². The number of H-pyrrole nitrogens is 1. The second kappa shape index (κ2) is 17.4. The number of carbonyl (C=O) groups excluding carboxylic acids is 4. The van der Waals surface area contributed by atoms with Gasteiger partial charge in [-0.3, -0.25) is 28.6 Å². The molecule has 1 fully saturated rings. The number of aromatic nitrogens is 2. The van der Waals surface area contributed by atoms with Crippen molar-refractivity contribution in [3.8, 4) is 0 Å². The van der Waals surface area contributed by atoms with E-state index in [4.69, 9.17) is 0 Å². The summed E-state index contributed by atoms with van der Waals surface area (Å²) in [7, 11) is -2.38. The number of amides is 4. The number of carbonyl (C=O) groups is 4. The van der Waals surface area contributed by atoms with E-state index in [0.717, 1.165) is 40.4 Å². The fraction of sp³-hybridized carbons (Fsp3) is 0.472. The van der Waals surface area contributed by atoms with Gasteiger partial charge in [0.25, 0.3) is 11.8 Å². The highest BCUT2D eigenvalue weighted by molar-refractivity contribution is 7.92. The Morgan fingerprint density at radius 3 is 2.20 bits per heavy atom. The Bertz CT molecular complexity index is 1790. The smallest absolute Gasteiger partial charge is 0.251 e. The number of nitrogens with zero attached hydrogens (tertiary/aromatic N) is 2. The van der Waals surface area contributed by atoms with Crippen molar-refractivity contribution in [2.75, 3.05) is 30.7 Å². The predicted octanol–water partition coefficient (Wildman–Crippen LogP) is 2.21. The summed E-state index contributed by atoms with van der Waals surface area (Å²) in [5.41, 5.74) is 2.95. The normalized spacial score (nSPS) is 14.6. The van der Waals surface area contributed by atoms with E-state index in [1.807, 2.05) is 57.2 Å². The number of benzene rings is 2. The van der Waals surface area contributed by atoms with E-state index in [9.17, 15) is 27.6 Å². The fourth-order valence-electron chi connectivity index (χ4n) is 5.43. The molecule has 4 rings (SSSR count). The molecular weight excluding hydrogens is 673 g/mol. The lowest BCUT2D eigenvalue weighted by Crippen LogP contribution is -2.55. The van der Waals surface area contributed by atoms with Gasteiger partial charge in [0.15, 0.2) is 0 Å². The van der Waals surface area contributed by atoms with Crippen LogP contribution >= 0.6 is 0 Å². The maximum atomic E-state index is 13.9. The maximum Gasteiger partial charge on any atom is 0.251 e. The molecule has 276 valence electrons. The molecule has 1 heterocycles. The molecule has 0 saturated heterocycles. The van der Waals surface area contributed by atoms with Crippen molar-refractivity contribution >= 4 is 39.3 Å². The third-order valence-corrected chi connectivity index (χ3v) is 9.92. The Labute approximate surface area is 300 Å². The van der Waals surface area contributed by atoms with E-state index in [0.29, 0.717) is 18.9 Å². The SMILES string of the molecule is CCNC(=O)[C@@H](NC(=O)[C@H](C)NC[C@H](Cc1ccccc1)NC(=O)c1cc(C(=O)NCc2cc(C3CC3)n[nH]2)cc(N(C)S(C)(=O)=O)c1)C(C)C. The van der Waals surface area contributed by atoms with Gasteiger partial charge in [0.05, 0.1) is 35.9 Å². The van der Waals surface area contributed by atoms with Crippen LogP contribution in [0.4, 0.5) is 5.69 Å². The molecule has 0 aliphatic heterocycles. The van der Waals surface area contributed by atoms with Crippen LogP contribution in [0, 0.1) is 5.92 Å². The van der Waals surface area contributed by atoms with Crippen LogP contribution in [0.5, 0.6) is 0 Å². The van der Waals surface area contributed by atoms with E-state index in [1.54, 1.807) is 6.92 Å². The van der Waals surface area contributed by atoms with Crippen LogP contribution in [-0.2, 0) is 32.6 Å². The van der Waals surface area contributed by atoms with E-state index < -0.39 is 40.0 Å². The van der Waals surface area contributed by atoms with Gasteiger partial charge in [-0.2, -0.15) is 5.10 Å². The molecule has 51 heavy (non-hydrogen) atoms. The van der Waals surface area contributed by atoms with E-state index in [-0.39, 0.29) is 47.6 Å². The Morgan fingerprint density at radius 2 is 1.59 bits per heavy atom. The van der Waals surface area contributed by atoms with Crippen LogP contribution in [0.3, 0.4) is 0 Å². The van der Waals surface area contributed by atoms with Gasteiger partial charge in [-0.05, 0) is 68.9 Å². The minimum absolute atomic E-state index is 0.0799. The van der Waals surface area contributed by atoms with Gasteiger partial charge < -0.3 is 26.6 Å². The average molecular weight is 723 g/mol. The summed E-state index contributed by atoms with van der Waals surface area (Å²) in [6.45, 7) is 7.99. The zero-order valence-electron chi connectivity index (χ0n) is 30.1. The topological polar surface area (TPSA) is 194 Å². The van der Waals surface area contributed by atoms with Gasteiger partial charge in [-0.15, -0.1) is 0 Å². The van der Waals surface area contributed by atoms with Crippen LogP contribution in [-0.4, -0.2) is 86.8 Å². The van der Waals surface area contributed by atoms with Crippen LogP contribution in [0.25, 0.3) is 0 Å². The van der Waals surface area contributed by atoms with Gasteiger partial charge in [0, 0.05) is 43.2 Å². The molecule has 1 saturated carbocycles. The summed E-state index contributed by atoms with van der Waals surface area (Å²) in [5.74, 6) is -1.34. The molecule has 2 aromatic carbocycles. The maximum absolute atomic E-state index is 13.9. The Morgan fingerprint density at radius 1 is 0.922 bits per heavy atom. The number of aromatic amines is 1. The van der Waals surface area contributed by atoms with Gasteiger partial charge >= 0.3 is 0 Å². The summed E-state index contributed by atoms with van der Waals surface area (Å²) < 4.78 is 26.0. The van der Waals surface area contributed by atoms with Crippen molar-refractivity contribution in [3.63, 3.8) is 0 Å². The third kappa shape index (κ3) is 11.4. The zero-order chi connectivity index (χ0) is 37.3. The molecule has 0 spiro atoms. The predicted molar refractivity (Wildman–Crippen MR) is 196 cm³/mol. The number of nitrogens with one attached hydrogen (secondary N) is 6.